The first-order chi connectivity index (χ1) is 13.5. The van der Waals surface area contributed by atoms with E-state index in [0.717, 1.165) is 42.9 Å². The Bertz CT molecular complexity index is 1050. The van der Waals surface area contributed by atoms with E-state index in [1.165, 1.54) is 0 Å². The quantitative estimate of drug-likeness (QED) is 0.655. The number of ether oxygens (including phenoxy) is 1. The maximum absolute atomic E-state index is 13.1. The number of nitrogens with zero attached hydrogens (tertiary/aromatic N) is 4. The van der Waals surface area contributed by atoms with Crippen LogP contribution in [0, 0.1) is 6.92 Å². The van der Waals surface area contributed by atoms with Crippen LogP contribution in [-0.4, -0.2) is 45.3 Å². The van der Waals surface area contributed by atoms with E-state index in [9.17, 15) is 4.79 Å². The molecule has 1 aliphatic rings. The average molecular weight is 399 g/mol. The van der Waals surface area contributed by atoms with E-state index in [1.807, 2.05) is 36.1 Å². The van der Waals surface area contributed by atoms with Crippen LogP contribution in [0.15, 0.2) is 30.5 Å². The van der Waals surface area contributed by atoms with Crippen molar-refractivity contribution < 1.29 is 9.53 Å². The lowest BCUT2D eigenvalue weighted by Crippen LogP contribution is -2.42. The summed E-state index contributed by atoms with van der Waals surface area (Å²) in [5, 5.41) is 5.74. The van der Waals surface area contributed by atoms with Gasteiger partial charge in [-0.1, -0.05) is 17.7 Å². The van der Waals surface area contributed by atoms with Gasteiger partial charge in [-0.3, -0.25) is 4.79 Å². The second-order valence-corrected chi connectivity index (χ2v) is 7.60. The van der Waals surface area contributed by atoms with Crippen molar-refractivity contribution in [1.82, 2.24) is 19.7 Å². The first kappa shape index (κ1) is 18.7. The Morgan fingerprint density at radius 3 is 2.89 bits per heavy atom. The summed E-state index contributed by atoms with van der Waals surface area (Å²) in [6.07, 6.45) is 4.77. The summed E-state index contributed by atoms with van der Waals surface area (Å²) < 4.78 is 7.04. The van der Waals surface area contributed by atoms with E-state index in [2.05, 4.69) is 17.0 Å². The van der Waals surface area contributed by atoms with Crippen molar-refractivity contribution in [3.63, 3.8) is 0 Å². The van der Waals surface area contributed by atoms with Gasteiger partial charge in [-0.2, -0.15) is 5.10 Å². The number of hydrogen-bond donors (Lipinski definition) is 0. The maximum atomic E-state index is 13.1. The first-order valence-corrected chi connectivity index (χ1v) is 9.88. The highest BCUT2D eigenvalue weighted by Crippen LogP contribution is 2.32. The number of likely N-dealkylation sites (tertiary alicyclic amines) is 1. The second kappa shape index (κ2) is 7.43. The molecule has 28 heavy (non-hydrogen) atoms. The number of pyridine rings is 1. The molecule has 3 aromatic rings. The van der Waals surface area contributed by atoms with Crippen molar-refractivity contribution in [2.75, 3.05) is 13.7 Å². The van der Waals surface area contributed by atoms with Crippen LogP contribution in [-0.2, 0) is 0 Å². The van der Waals surface area contributed by atoms with Crippen LogP contribution in [0.5, 0.6) is 5.75 Å². The van der Waals surface area contributed by atoms with Gasteiger partial charge in [0.05, 0.1) is 34.5 Å². The minimum atomic E-state index is -0.0554. The summed E-state index contributed by atoms with van der Waals surface area (Å²) in [4.78, 5) is 19.6. The van der Waals surface area contributed by atoms with E-state index in [0.29, 0.717) is 21.6 Å². The van der Waals surface area contributed by atoms with Crippen LogP contribution in [0.3, 0.4) is 0 Å². The maximum Gasteiger partial charge on any atom is 0.257 e. The molecular formula is C21H23ClN4O2. The minimum Gasteiger partial charge on any atom is -0.497 e. The zero-order valence-electron chi connectivity index (χ0n) is 16.3. The fourth-order valence-electron chi connectivity index (χ4n) is 3.83. The van der Waals surface area contributed by atoms with Crippen LogP contribution in [0.2, 0.25) is 5.02 Å². The van der Waals surface area contributed by atoms with Gasteiger partial charge in [0.2, 0.25) is 0 Å². The molecule has 0 N–H and O–H groups in total. The highest BCUT2D eigenvalue weighted by atomic mass is 35.5. The third-order valence-electron chi connectivity index (χ3n) is 5.40. The van der Waals surface area contributed by atoms with Gasteiger partial charge in [0.25, 0.3) is 5.91 Å². The van der Waals surface area contributed by atoms with E-state index in [4.69, 9.17) is 16.3 Å². The van der Waals surface area contributed by atoms with Crippen LogP contribution in [0.25, 0.3) is 16.7 Å². The van der Waals surface area contributed by atoms with Crippen molar-refractivity contribution in [3.05, 3.63) is 46.7 Å². The van der Waals surface area contributed by atoms with Gasteiger partial charge in [-0.25, -0.2) is 9.67 Å². The predicted octanol–water partition coefficient (Wildman–Crippen LogP) is 4.41. The lowest BCUT2D eigenvalue weighted by molar-refractivity contribution is 0.0635. The fraction of sp³-hybridized carbons (Fsp3) is 0.381. The molecule has 146 valence electrons. The molecule has 1 fully saturated rings. The Morgan fingerprint density at radius 1 is 1.32 bits per heavy atom. The molecule has 3 heterocycles. The summed E-state index contributed by atoms with van der Waals surface area (Å²) in [5.74, 6) is 0.677. The SMILES string of the molecule is COc1cccc(-n2nc(C)c3c(Cl)c(C(=O)N4CCCC[C@H]4C)cnc32)c1. The Balaban J connectivity index is 1.80. The topological polar surface area (TPSA) is 60.3 Å². The van der Waals surface area contributed by atoms with Gasteiger partial charge in [-0.05, 0) is 45.2 Å². The summed E-state index contributed by atoms with van der Waals surface area (Å²) >= 11 is 6.70. The van der Waals surface area contributed by atoms with Crippen molar-refractivity contribution in [2.24, 2.45) is 0 Å². The molecule has 0 bridgehead atoms. The van der Waals surface area contributed by atoms with Gasteiger partial charge in [0, 0.05) is 24.8 Å². The zero-order chi connectivity index (χ0) is 19.8. The highest BCUT2D eigenvalue weighted by Gasteiger charge is 2.28. The van der Waals surface area contributed by atoms with Gasteiger partial charge in [0.15, 0.2) is 5.65 Å². The van der Waals surface area contributed by atoms with Crippen LogP contribution < -0.4 is 4.74 Å². The molecule has 4 rings (SSSR count). The van der Waals surface area contributed by atoms with Crippen LogP contribution in [0.4, 0.5) is 0 Å². The van der Waals surface area contributed by atoms with E-state index in [1.54, 1.807) is 18.0 Å². The van der Waals surface area contributed by atoms with Gasteiger partial charge in [0.1, 0.15) is 5.75 Å². The van der Waals surface area contributed by atoms with Crippen LogP contribution in [0.1, 0.15) is 42.2 Å². The Morgan fingerprint density at radius 2 is 2.14 bits per heavy atom. The smallest absolute Gasteiger partial charge is 0.257 e. The molecule has 1 atom stereocenters. The number of aromatic nitrogens is 3. The standard InChI is InChI=1S/C21H23ClN4O2/c1-13-7-4-5-10-25(13)21(27)17-12-23-20-18(19(17)22)14(2)24-26(20)15-8-6-9-16(11-15)28-3/h6,8-9,11-13H,4-5,7,10H2,1-3H3/t13-/m1/s1. The number of carbonyl (C=O) groups excluding carboxylic acids is 1. The number of rotatable bonds is 3. The minimum absolute atomic E-state index is 0.0554. The number of hydrogen-bond acceptors (Lipinski definition) is 4. The fourth-order valence-corrected chi connectivity index (χ4v) is 4.19. The lowest BCUT2D eigenvalue weighted by Gasteiger charge is -2.33. The highest BCUT2D eigenvalue weighted by molar-refractivity contribution is 6.38. The number of carbonyl (C=O) groups is 1. The van der Waals surface area contributed by atoms with Crippen LogP contribution >= 0.6 is 11.6 Å². The van der Waals surface area contributed by atoms with E-state index < -0.39 is 0 Å². The van der Waals surface area contributed by atoms with Crippen molar-refractivity contribution in [2.45, 2.75) is 39.2 Å². The monoisotopic (exact) mass is 398 g/mol. The summed E-state index contributed by atoms with van der Waals surface area (Å²) in [6, 6.07) is 7.80. The van der Waals surface area contributed by atoms with Gasteiger partial charge >= 0.3 is 0 Å². The zero-order valence-corrected chi connectivity index (χ0v) is 17.0. The molecule has 0 aliphatic carbocycles. The average Bonchev–Trinajstić information content (AvgIpc) is 3.05. The number of aryl methyl sites for hydroxylation is 1. The molecule has 1 aliphatic heterocycles. The molecule has 1 amide bonds. The molecule has 0 radical (unpaired) electrons. The van der Waals surface area contributed by atoms with E-state index >= 15 is 0 Å². The summed E-state index contributed by atoms with van der Waals surface area (Å²) in [5.41, 5.74) is 2.62. The number of benzene rings is 1. The number of fused-ring (bicyclic) bond motifs is 1. The molecular weight excluding hydrogens is 376 g/mol. The molecule has 7 heteroatoms. The number of amides is 1. The summed E-state index contributed by atoms with van der Waals surface area (Å²) in [7, 11) is 1.63. The van der Waals surface area contributed by atoms with Gasteiger partial charge in [-0.15, -0.1) is 0 Å². The Labute approximate surface area is 169 Å². The molecule has 1 aromatic carbocycles. The second-order valence-electron chi connectivity index (χ2n) is 7.23. The molecule has 0 spiro atoms. The number of piperidine rings is 1. The molecule has 2 aromatic heterocycles. The largest absolute Gasteiger partial charge is 0.497 e. The molecule has 0 saturated carbocycles. The Kier molecular flexibility index (Phi) is 4.98. The lowest BCUT2D eigenvalue weighted by atomic mass is 10.0. The third-order valence-corrected chi connectivity index (χ3v) is 5.79. The molecule has 1 saturated heterocycles. The molecule has 0 unspecified atom stereocenters. The van der Waals surface area contributed by atoms with E-state index in [-0.39, 0.29) is 11.9 Å². The third kappa shape index (κ3) is 3.11. The normalized spacial score (nSPS) is 17.1. The summed E-state index contributed by atoms with van der Waals surface area (Å²) in [6.45, 7) is 4.73. The Hall–Kier alpha value is -2.60. The molecule has 6 nitrogen and oxygen atoms in total. The number of methoxy groups -OCH3 is 1. The van der Waals surface area contributed by atoms with Gasteiger partial charge < -0.3 is 9.64 Å². The van der Waals surface area contributed by atoms with Crippen molar-refractivity contribution in [3.8, 4) is 11.4 Å². The number of halogens is 1. The van der Waals surface area contributed by atoms with Crippen molar-refractivity contribution in [1.29, 1.82) is 0 Å². The first-order valence-electron chi connectivity index (χ1n) is 9.50. The van der Waals surface area contributed by atoms with Crippen molar-refractivity contribution >= 4 is 28.5 Å². The predicted molar refractivity (Wildman–Crippen MR) is 110 cm³/mol.